The van der Waals surface area contributed by atoms with E-state index >= 15 is 0 Å². The molecule has 5 aromatic heterocycles. The van der Waals surface area contributed by atoms with Gasteiger partial charge in [0.05, 0.1) is 44.1 Å². The van der Waals surface area contributed by atoms with Crippen LogP contribution >= 0.6 is 0 Å². The molecule has 0 spiro atoms. The predicted octanol–water partition coefficient (Wildman–Crippen LogP) is 11.3. The Bertz CT molecular complexity index is 2520. The lowest BCUT2D eigenvalue weighted by Gasteiger charge is -2.03. The fourth-order valence-electron chi connectivity index (χ4n) is 6.23. The van der Waals surface area contributed by atoms with Crippen LogP contribution in [0.5, 0.6) is 0 Å². The number of benzene rings is 4. The third-order valence-corrected chi connectivity index (χ3v) is 8.73. The molecule has 9 aromatic rings. The summed E-state index contributed by atoms with van der Waals surface area (Å²) in [5.41, 5.74) is 7.12. The van der Waals surface area contributed by atoms with Crippen LogP contribution in [0, 0.1) is 0 Å². The second-order valence-corrected chi connectivity index (χ2v) is 12.0. The summed E-state index contributed by atoms with van der Waals surface area (Å²) in [5, 5.41) is 8.63. The Balaban J connectivity index is 1.32. The Labute approximate surface area is 276 Å². The topological polar surface area (TPSA) is 51.6 Å². The van der Waals surface area contributed by atoms with Gasteiger partial charge in [-0.25, -0.2) is 19.9 Å². The van der Waals surface area contributed by atoms with Crippen molar-refractivity contribution in [3.8, 4) is 0 Å². The van der Waals surface area contributed by atoms with Gasteiger partial charge in [-0.1, -0.05) is 109 Å². The van der Waals surface area contributed by atoms with E-state index in [1.54, 1.807) is 0 Å². The van der Waals surface area contributed by atoms with Gasteiger partial charge in [-0.05, 0) is 82.2 Å². The molecule has 0 fully saturated rings. The van der Waals surface area contributed by atoms with Gasteiger partial charge in [0, 0.05) is 21.5 Å². The van der Waals surface area contributed by atoms with Gasteiger partial charge in [0.2, 0.25) is 0 Å². The van der Waals surface area contributed by atoms with Gasteiger partial charge >= 0.3 is 0 Å². The number of hydrogen-bond acceptors (Lipinski definition) is 4. The van der Waals surface area contributed by atoms with Crippen molar-refractivity contribution in [1.82, 2.24) is 19.9 Å². The van der Waals surface area contributed by atoms with Crippen molar-refractivity contribution in [2.75, 3.05) is 0 Å². The molecular weight excluding hydrogens is 585 g/mol. The van der Waals surface area contributed by atoms with Crippen molar-refractivity contribution in [3.63, 3.8) is 0 Å². The van der Waals surface area contributed by atoms with Crippen LogP contribution in [0.1, 0.15) is 0 Å². The third kappa shape index (κ3) is 5.46. The van der Waals surface area contributed by atoms with Crippen molar-refractivity contribution < 1.29 is 0 Å². The van der Waals surface area contributed by atoms with Crippen LogP contribution in [0.25, 0.3) is 87.2 Å². The zero-order chi connectivity index (χ0) is 31.9. The van der Waals surface area contributed by atoms with Crippen LogP contribution in [-0.2, 0) is 0 Å². The Morgan fingerprint density at radius 1 is 0.229 bits per heavy atom. The first kappa shape index (κ1) is 27.8. The molecule has 224 valence electrons. The number of nitrogens with zero attached hydrogens (tertiary/aromatic N) is 4. The van der Waals surface area contributed by atoms with Gasteiger partial charge in [-0.3, -0.25) is 0 Å². The first-order valence-corrected chi connectivity index (χ1v) is 16.0. The SMILES string of the molecule is c1cc2ccc3ccc4ccc5ccc(ccc6cccc(ccc7ccc8ccc9ccc(ccc(c1)c2)nc9c8n7)c6)nc5c4n3. The molecule has 9 rings (SSSR count). The largest absolute Gasteiger partial charge is 0.246 e. The van der Waals surface area contributed by atoms with E-state index in [0.29, 0.717) is 0 Å². The lowest BCUT2D eigenvalue weighted by molar-refractivity contribution is 1.45. The first-order valence-electron chi connectivity index (χ1n) is 16.0. The Morgan fingerprint density at radius 3 is 0.729 bits per heavy atom. The van der Waals surface area contributed by atoms with E-state index in [2.05, 4.69) is 170 Å². The predicted molar refractivity (Wildman–Crippen MR) is 202 cm³/mol. The molecule has 0 saturated heterocycles. The molecule has 4 aromatic carbocycles. The van der Waals surface area contributed by atoms with Crippen LogP contribution in [0.3, 0.4) is 0 Å². The summed E-state index contributed by atoms with van der Waals surface area (Å²) in [6.07, 6.45) is 0. The summed E-state index contributed by atoms with van der Waals surface area (Å²) in [6, 6.07) is 58.7. The van der Waals surface area contributed by atoms with Gasteiger partial charge in [0.1, 0.15) is 0 Å². The van der Waals surface area contributed by atoms with E-state index in [9.17, 15) is 0 Å². The molecule has 0 aliphatic carbocycles. The fourth-order valence-corrected chi connectivity index (χ4v) is 6.23. The van der Waals surface area contributed by atoms with Crippen molar-refractivity contribution in [3.05, 3.63) is 170 Å². The minimum absolute atomic E-state index is 0.884. The van der Waals surface area contributed by atoms with E-state index < -0.39 is 0 Å². The number of hydrogen-bond donors (Lipinski definition) is 0. The monoisotopic (exact) mass is 612 g/mol. The average Bonchev–Trinajstić information content (AvgIpc) is 3.14. The zero-order valence-corrected chi connectivity index (χ0v) is 26.0. The number of rotatable bonds is 0. The summed E-state index contributed by atoms with van der Waals surface area (Å²) in [7, 11) is 0. The van der Waals surface area contributed by atoms with Gasteiger partial charge in [0.15, 0.2) is 0 Å². The fraction of sp³-hybridized carbons (Fsp3) is 0. The van der Waals surface area contributed by atoms with Crippen molar-refractivity contribution >= 4 is 87.2 Å². The molecule has 0 radical (unpaired) electrons. The molecule has 0 aliphatic heterocycles. The lowest BCUT2D eigenvalue weighted by Crippen LogP contribution is -1.85. The minimum atomic E-state index is 0.884. The normalized spacial score (nSPS) is 11.3. The molecular formula is C44H28N4. The second-order valence-electron chi connectivity index (χ2n) is 12.0. The highest BCUT2D eigenvalue weighted by Crippen LogP contribution is 2.25. The molecule has 0 saturated carbocycles. The minimum Gasteiger partial charge on any atom is -0.246 e. The molecule has 4 nitrogen and oxygen atoms in total. The molecule has 5 heterocycles. The Morgan fingerprint density at radius 2 is 0.458 bits per heavy atom. The molecule has 48 heavy (non-hydrogen) atoms. The molecule has 0 unspecified atom stereocenters. The van der Waals surface area contributed by atoms with E-state index in [1.165, 1.54) is 0 Å². The van der Waals surface area contributed by atoms with Crippen molar-refractivity contribution in [2.24, 2.45) is 0 Å². The van der Waals surface area contributed by atoms with Crippen molar-refractivity contribution in [1.29, 1.82) is 0 Å². The van der Waals surface area contributed by atoms with Crippen LogP contribution in [0.15, 0.2) is 170 Å². The highest BCUT2D eigenvalue weighted by Gasteiger charge is 2.05. The maximum Gasteiger partial charge on any atom is 0.0972 e. The van der Waals surface area contributed by atoms with Crippen LogP contribution < -0.4 is 0 Å². The zero-order valence-electron chi connectivity index (χ0n) is 26.0. The molecule has 4 heteroatoms. The van der Waals surface area contributed by atoms with E-state index in [4.69, 9.17) is 19.9 Å². The van der Waals surface area contributed by atoms with Gasteiger partial charge in [-0.2, -0.15) is 0 Å². The third-order valence-electron chi connectivity index (χ3n) is 8.73. The Kier molecular flexibility index (Phi) is 6.76. The standard InChI is InChI=1S/C44H28N4/c1-3-29-7-19-37-23-15-33-11-13-35-17-25-39(47-43(35)41(33)45-37)21-9-31-5-2-6-32(28-31)10-22-40-26-18-36-14-12-34-16-24-38(20-8-30(4-1)27-29)46-42(34)44(36)48-40/h1-28H. The second kappa shape index (κ2) is 11.7. The maximum atomic E-state index is 5.05. The lowest BCUT2D eigenvalue weighted by atomic mass is 10.1. The maximum absolute atomic E-state index is 5.05. The van der Waals surface area contributed by atoms with E-state index in [-0.39, 0.29) is 0 Å². The molecule has 0 aliphatic rings. The molecule has 12 bridgehead atoms. The molecule has 0 N–H and O–H groups in total. The quantitative estimate of drug-likeness (QED) is 0.160. The number of aromatic nitrogens is 4. The molecule has 0 amide bonds. The van der Waals surface area contributed by atoms with Crippen LogP contribution in [0.4, 0.5) is 0 Å². The smallest absolute Gasteiger partial charge is 0.0972 e. The average molecular weight is 613 g/mol. The van der Waals surface area contributed by atoms with Crippen molar-refractivity contribution in [2.45, 2.75) is 0 Å². The van der Waals surface area contributed by atoms with E-state index in [0.717, 1.165) is 87.2 Å². The van der Waals surface area contributed by atoms with Gasteiger partial charge < -0.3 is 0 Å². The van der Waals surface area contributed by atoms with Gasteiger partial charge in [-0.15, -0.1) is 0 Å². The van der Waals surface area contributed by atoms with Crippen LogP contribution in [0.2, 0.25) is 0 Å². The van der Waals surface area contributed by atoms with Crippen LogP contribution in [-0.4, -0.2) is 19.9 Å². The highest BCUT2D eigenvalue weighted by molar-refractivity contribution is 6.05. The summed E-state index contributed by atoms with van der Waals surface area (Å²) in [5.74, 6) is 0. The Hall–Kier alpha value is -6.52. The first-order chi connectivity index (χ1) is 23.7. The van der Waals surface area contributed by atoms with E-state index in [1.807, 2.05) is 0 Å². The van der Waals surface area contributed by atoms with Gasteiger partial charge in [0.25, 0.3) is 0 Å². The summed E-state index contributed by atoms with van der Waals surface area (Å²) >= 11 is 0. The summed E-state index contributed by atoms with van der Waals surface area (Å²) in [6.45, 7) is 0. The number of pyridine rings is 4. The summed E-state index contributed by atoms with van der Waals surface area (Å²) < 4.78 is 0. The summed E-state index contributed by atoms with van der Waals surface area (Å²) in [4.78, 5) is 20.2. The molecule has 0 atom stereocenters. The highest BCUT2D eigenvalue weighted by atomic mass is 14.8. The number of fused-ring (bicyclic) bond motifs is 8.